The van der Waals surface area contributed by atoms with E-state index in [0.717, 1.165) is 25.7 Å². The zero-order valence-corrected chi connectivity index (χ0v) is 11.5. The topological polar surface area (TPSA) is 103 Å². The normalized spacial score (nSPS) is 22.3. The second-order valence-electron chi connectivity index (χ2n) is 5.03. The largest absolute Gasteiger partial charge is 0.469 e. The fourth-order valence-electron chi connectivity index (χ4n) is 2.68. The number of nitrogens with zero attached hydrogens (tertiary/aromatic N) is 2. The van der Waals surface area contributed by atoms with Gasteiger partial charge in [-0.3, -0.25) is 10.1 Å². The Morgan fingerprint density at radius 3 is 2.90 bits per heavy atom. The summed E-state index contributed by atoms with van der Waals surface area (Å²) in [5, 5.41) is 11.0. The third kappa shape index (κ3) is 3.16. The lowest BCUT2D eigenvalue weighted by Gasteiger charge is -2.30. The van der Waals surface area contributed by atoms with Gasteiger partial charge >= 0.3 is 5.69 Å². The van der Waals surface area contributed by atoms with Crippen molar-refractivity contribution in [2.75, 3.05) is 5.43 Å². The van der Waals surface area contributed by atoms with Gasteiger partial charge in [-0.1, -0.05) is 13.3 Å². The number of ether oxygens (including phenoxy) is 1. The number of nitrogen functional groups attached to an aromatic ring is 1. The average Bonchev–Trinajstić information content (AvgIpc) is 2.47. The molecule has 1 aliphatic carbocycles. The molecule has 0 aromatic carbocycles. The molecule has 0 spiro atoms. The first-order valence-electron chi connectivity index (χ1n) is 6.94. The van der Waals surface area contributed by atoms with Crippen LogP contribution < -0.4 is 16.0 Å². The molecular weight excluding hydrogens is 260 g/mol. The van der Waals surface area contributed by atoms with Gasteiger partial charge in [0, 0.05) is 6.07 Å². The van der Waals surface area contributed by atoms with Crippen LogP contribution in [0.25, 0.3) is 0 Å². The van der Waals surface area contributed by atoms with Crippen LogP contribution in [0.4, 0.5) is 11.5 Å². The van der Waals surface area contributed by atoms with Gasteiger partial charge in [0.05, 0.1) is 4.92 Å². The molecule has 0 bridgehead atoms. The van der Waals surface area contributed by atoms with Crippen LogP contribution in [-0.4, -0.2) is 16.0 Å². The molecule has 1 aromatic rings. The summed E-state index contributed by atoms with van der Waals surface area (Å²) < 4.78 is 5.85. The summed E-state index contributed by atoms with van der Waals surface area (Å²) in [6, 6.07) is 2.82. The summed E-state index contributed by atoms with van der Waals surface area (Å²) >= 11 is 0. The first-order valence-corrected chi connectivity index (χ1v) is 6.94. The van der Waals surface area contributed by atoms with E-state index in [0.29, 0.717) is 11.7 Å². The predicted molar refractivity (Wildman–Crippen MR) is 75.4 cm³/mol. The van der Waals surface area contributed by atoms with Crippen molar-refractivity contribution in [3.05, 3.63) is 22.2 Å². The Morgan fingerprint density at radius 1 is 1.50 bits per heavy atom. The van der Waals surface area contributed by atoms with E-state index in [1.165, 1.54) is 18.6 Å². The zero-order valence-electron chi connectivity index (χ0n) is 11.5. The smallest absolute Gasteiger partial charge is 0.331 e. The summed E-state index contributed by atoms with van der Waals surface area (Å²) in [6.07, 6.45) is 5.30. The maximum Gasteiger partial charge on any atom is 0.331 e. The molecule has 7 heteroatoms. The molecule has 3 N–H and O–H groups in total. The highest BCUT2D eigenvalue weighted by Crippen LogP contribution is 2.33. The summed E-state index contributed by atoms with van der Waals surface area (Å²) in [7, 11) is 0. The van der Waals surface area contributed by atoms with Crippen LogP contribution >= 0.6 is 0 Å². The SMILES string of the molecule is CCC1CCCCC1Oc1nc(NN)ccc1[N+](=O)[O-]. The minimum Gasteiger partial charge on any atom is -0.469 e. The Hall–Kier alpha value is -1.89. The molecule has 20 heavy (non-hydrogen) atoms. The van der Waals surface area contributed by atoms with Crippen molar-refractivity contribution in [2.45, 2.75) is 45.1 Å². The highest BCUT2D eigenvalue weighted by Gasteiger charge is 2.28. The molecule has 1 saturated carbocycles. The van der Waals surface area contributed by atoms with Crippen LogP contribution in [0.3, 0.4) is 0 Å². The molecule has 1 heterocycles. The number of anilines is 1. The lowest BCUT2D eigenvalue weighted by Crippen LogP contribution is -2.30. The van der Waals surface area contributed by atoms with Crippen LogP contribution in [0, 0.1) is 16.0 Å². The van der Waals surface area contributed by atoms with Crippen LogP contribution in [0.15, 0.2) is 12.1 Å². The number of aromatic nitrogens is 1. The molecule has 0 amide bonds. The van der Waals surface area contributed by atoms with Gasteiger partial charge in [0.25, 0.3) is 5.88 Å². The van der Waals surface area contributed by atoms with Crippen LogP contribution in [-0.2, 0) is 0 Å². The maximum absolute atomic E-state index is 11.0. The van der Waals surface area contributed by atoms with Gasteiger partial charge < -0.3 is 10.2 Å². The molecule has 2 unspecified atom stereocenters. The van der Waals surface area contributed by atoms with E-state index in [4.69, 9.17) is 10.6 Å². The summed E-state index contributed by atoms with van der Waals surface area (Å²) in [4.78, 5) is 14.6. The molecular formula is C13H20N4O3. The van der Waals surface area contributed by atoms with E-state index >= 15 is 0 Å². The Balaban J connectivity index is 2.23. The molecule has 0 radical (unpaired) electrons. The van der Waals surface area contributed by atoms with Crippen molar-refractivity contribution >= 4 is 11.5 Å². The zero-order chi connectivity index (χ0) is 14.5. The first-order chi connectivity index (χ1) is 9.65. The molecule has 0 saturated heterocycles. The van der Waals surface area contributed by atoms with E-state index in [9.17, 15) is 10.1 Å². The Morgan fingerprint density at radius 2 is 2.25 bits per heavy atom. The molecule has 1 aliphatic rings. The van der Waals surface area contributed by atoms with Gasteiger partial charge in [-0.15, -0.1) is 0 Å². The fourth-order valence-corrected chi connectivity index (χ4v) is 2.68. The number of nitro groups is 1. The number of hydrogen-bond donors (Lipinski definition) is 2. The Labute approximate surface area is 117 Å². The number of pyridine rings is 1. The summed E-state index contributed by atoms with van der Waals surface area (Å²) in [6.45, 7) is 2.12. The molecule has 1 fully saturated rings. The van der Waals surface area contributed by atoms with Crippen LogP contribution in [0.5, 0.6) is 5.88 Å². The van der Waals surface area contributed by atoms with Gasteiger partial charge in [-0.05, 0) is 37.7 Å². The molecule has 2 rings (SSSR count). The second-order valence-corrected chi connectivity index (χ2v) is 5.03. The second kappa shape index (κ2) is 6.51. The fraction of sp³-hybridized carbons (Fsp3) is 0.615. The Bertz CT molecular complexity index is 481. The Kier molecular flexibility index (Phi) is 4.73. The van der Waals surface area contributed by atoms with Gasteiger partial charge in [0.15, 0.2) is 0 Å². The van der Waals surface area contributed by atoms with Crippen molar-refractivity contribution in [3.8, 4) is 5.88 Å². The maximum atomic E-state index is 11.0. The minimum absolute atomic E-state index is 0.00651. The highest BCUT2D eigenvalue weighted by atomic mass is 16.6. The van der Waals surface area contributed by atoms with E-state index < -0.39 is 4.92 Å². The number of hydrazine groups is 1. The third-order valence-electron chi connectivity index (χ3n) is 3.81. The van der Waals surface area contributed by atoms with Gasteiger partial charge in [-0.25, -0.2) is 5.84 Å². The van der Waals surface area contributed by atoms with Crippen LogP contribution in [0.2, 0.25) is 0 Å². The van der Waals surface area contributed by atoms with E-state index in [2.05, 4.69) is 17.3 Å². The number of hydrogen-bond acceptors (Lipinski definition) is 6. The molecule has 0 aliphatic heterocycles. The molecule has 110 valence electrons. The van der Waals surface area contributed by atoms with E-state index in [1.54, 1.807) is 0 Å². The van der Waals surface area contributed by atoms with Gasteiger partial charge in [0.2, 0.25) is 0 Å². The molecule has 7 nitrogen and oxygen atoms in total. The standard InChI is InChI=1S/C13H20N4O3/c1-2-9-5-3-4-6-11(9)20-13-10(17(18)19)7-8-12(15-13)16-14/h7-9,11H,2-6,14H2,1H3,(H,15,16). The van der Waals surface area contributed by atoms with Crippen LogP contribution in [0.1, 0.15) is 39.0 Å². The number of nitrogens with two attached hydrogens (primary N) is 1. The lowest BCUT2D eigenvalue weighted by atomic mass is 9.85. The summed E-state index contributed by atoms with van der Waals surface area (Å²) in [5.41, 5.74) is 2.26. The van der Waals surface area contributed by atoms with Crippen molar-refractivity contribution < 1.29 is 9.66 Å². The third-order valence-corrected chi connectivity index (χ3v) is 3.81. The average molecular weight is 280 g/mol. The van der Waals surface area contributed by atoms with Crippen molar-refractivity contribution in [1.82, 2.24) is 4.98 Å². The molecule has 2 atom stereocenters. The number of rotatable bonds is 5. The lowest BCUT2D eigenvalue weighted by molar-refractivity contribution is -0.386. The quantitative estimate of drug-likeness (QED) is 0.488. The summed E-state index contributed by atoms with van der Waals surface area (Å²) in [5.74, 6) is 6.13. The van der Waals surface area contributed by atoms with Gasteiger partial charge in [0.1, 0.15) is 11.9 Å². The number of nitrogens with one attached hydrogen (secondary N) is 1. The van der Waals surface area contributed by atoms with E-state index in [-0.39, 0.29) is 17.7 Å². The predicted octanol–water partition coefficient (Wildman–Crippen LogP) is 2.62. The minimum atomic E-state index is -0.480. The first kappa shape index (κ1) is 14.5. The molecule has 1 aromatic heterocycles. The van der Waals surface area contributed by atoms with Crippen molar-refractivity contribution in [3.63, 3.8) is 0 Å². The highest BCUT2D eigenvalue weighted by molar-refractivity contribution is 5.48. The van der Waals surface area contributed by atoms with Crippen molar-refractivity contribution in [2.24, 2.45) is 11.8 Å². The van der Waals surface area contributed by atoms with Crippen molar-refractivity contribution in [1.29, 1.82) is 0 Å². The monoisotopic (exact) mass is 280 g/mol. The van der Waals surface area contributed by atoms with Gasteiger partial charge in [-0.2, -0.15) is 4.98 Å². The van der Waals surface area contributed by atoms with E-state index in [1.807, 2.05) is 0 Å².